The van der Waals surface area contributed by atoms with Crippen LogP contribution in [0.2, 0.25) is 0 Å². The molecule has 2 aromatic rings. The summed E-state index contributed by atoms with van der Waals surface area (Å²) in [6, 6.07) is 11.1. The quantitative estimate of drug-likeness (QED) is 0.838. The molecule has 1 aliphatic rings. The van der Waals surface area contributed by atoms with Gasteiger partial charge in [0, 0.05) is 0 Å². The van der Waals surface area contributed by atoms with Crippen LogP contribution in [0.3, 0.4) is 0 Å². The summed E-state index contributed by atoms with van der Waals surface area (Å²) in [7, 11) is -3.68. The average Bonchev–Trinajstić information content (AvgIpc) is 2.47. The van der Waals surface area contributed by atoms with Gasteiger partial charge in [0.05, 0.1) is 5.75 Å². The Labute approximate surface area is 136 Å². The zero-order valence-corrected chi connectivity index (χ0v) is 14.2. The lowest BCUT2D eigenvalue weighted by atomic mass is 10.1. The summed E-state index contributed by atoms with van der Waals surface area (Å²) >= 11 is 0. The zero-order chi connectivity index (χ0) is 16.6. The molecule has 0 atom stereocenters. The van der Waals surface area contributed by atoms with Crippen molar-refractivity contribution >= 4 is 21.5 Å². The number of hydrogen-bond donors (Lipinski definition) is 0. The van der Waals surface area contributed by atoms with Gasteiger partial charge in [-0.2, -0.15) is 13.5 Å². The third-order valence-electron chi connectivity index (χ3n) is 3.60. The number of benzene rings is 2. The first-order chi connectivity index (χ1) is 10.9. The fraction of sp³-hybridized carbons (Fsp3) is 0.294. The summed E-state index contributed by atoms with van der Waals surface area (Å²) in [6.45, 7) is 5.63. The van der Waals surface area contributed by atoms with E-state index in [1.54, 1.807) is 13.0 Å². The molecule has 0 aromatic heterocycles. The van der Waals surface area contributed by atoms with E-state index >= 15 is 0 Å². The van der Waals surface area contributed by atoms with Crippen LogP contribution in [-0.2, 0) is 14.4 Å². The summed E-state index contributed by atoms with van der Waals surface area (Å²) in [5.41, 5.74) is 3.07. The van der Waals surface area contributed by atoms with Crippen molar-refractivity contribution in [1.29, 1.82) is 0 Å². The second kappa shape index (κ2) is 5.86. The van der Waals surface area contributed by atoms with Gasteiger partial charge in [0.1, 0.15) is 11.4 Å². The number of rotatable bonds is 4. The molecule has 6 heteroatoms. The van der Waals surface area contributed by atoms with Gasteiger partial charge in [-0.25, -0.2) is 0 Å². The van der Waals surface area contributed by atoms with Gasteiger partial charge in [0.25, 0.3) is 10.1 Å². The summed E-state index contributed by atoms with van der Waals surface area (Å²) in [6.07, 6.45) is 0.494. The number of para-hydroxylation sites is 1. The number of nitrogens with zero attached hydrogens (tertiary/aromatic N) is 1. The Hall–Kier alpha value is -2.05. The highest BCUT2D eigenvalue weighted by Gasteiger charge is 2.30. The van der Waals surface area contributed by atoms with Crippen LogP contribution < -0.4 is 9.80 Å². The van der Waals surface area contributed by atoms with Gasteiger partial charge in [0.2, 0.25) is 0 Å². The molecule has 0 aliphatic carbocycles. The maximum atomic E-state index is 12.2. The highest BCUT2D eigenvalue weighted by molar-refractivity contribution is 7.86. The smallest absolute Gasteiger partial charge is 0.288 e. The SMILES string of the molecule is CCCS(=O)(=O)ON1c2cc(C)ccc2Oc2cccc(C)c21. The first kappa shape index (κ1) is 15.8. The van der Waals surface area contributed by atoms with Crippen molar-refractivity contribution in [3.8, 4) is 11.5 Å². The van der Waals surface area contributed by atoms with E-state index < -0.39 is 10.1 Å². The predicted molar refractivity (Wildman–Crippen MR) is 89.7 cm³/mol. The van der Waals surface area contributed by atoms with E-state index in [0.717, 1.165) is 11.1 Å². The number of anilines is 2. The number of hydrogen-bond acceptors (Lipinski definition) is 5. The Balaban J connectivity index is 2.15. The largest absolute Gasteiger partial charge is 0.453 e. The lowest BCUT2D eigenvalue weighted by Crippen LogP contribution is -2.27. The van der Waals surface area contributed by atoms with E-state index in [1.807, 2.05) is 44.2 Å². The first-order valence-corrected chi connectivity index (χ1v) is 9.09. The molecule has 1 heterocycles. The topological polar surface area (TPSA) is 55.8 Å². The van der Waals surface area contributed by atoms with Crippen molar-refractivity contribution in [3.05, 3.63) is 47.5 Å². The van der Waals surface area contributed by atoms with Crippen LogP contribution >= 0.6 is 0 Å². The number of fused-ring (bicyclic) bond motifs is 2. The molecule has 0 bridgehead atoms. The van der Waals surface area contributed by atoms with Crippen LogP contribution in [-0.4, -0.2) is 14.2 Å². The highest BCUT2D eigenvalue weighted by atomic mass is 32.2. The van der Waals surface area contributed by atoms with Crippen molar-refractivity contribution in [2.24, 2.45) is 0 Å². The Kier molecular flexibility index (Phi) is 4.04. The van der Waals surface area contributed by atoms with Crippen molar-refractivity contribution in [3.63, 3.8) is 0 Å². The van der Waals surface area contributed by atoms with Crippen LogP contribution in [0, 0.1) is 13.8 Å². The molecule has 2 aromatic carbocycles. The van der Waals surface area contributed by atoms with Crippen LogP contribution in [0.25, 0.3) is 0 Å². The van der Waals surface area contributed by atoms with Crippen molar-refractivity contribution in [1.82, 2.24) is 0 Å². The van der Waals surface area contributed by atoms with E-state index in [9.17, 15) is 8.42 Å². The fourth-order valence-corrected chi connectivity index (χ4v) is 3.52. The molecule has 0 spiro atoms. The van der Waals surface area contributed by atoms with Crippen molar-refractivity contribution in [2.75, 3.05) is 10.8 Å². The second-order valence-corrected chi connectivity index (χ2v) is 7.30. The van der Waals surface area contributed by atoms with Crippen molar-refractivity contribution in [2.45, 2.75) is 27.2 Å². The van der Waals surface area contributed by atoms with Crippen LogP contribution in [0.4, 0.5) is 11.4 Å². The van der Waals surface area contributed by atoms with Gasteiger partial charge >= 0.3 is 0 Å². The maximum Gasteiger partial charge on any atom is 0.288 e. The van der Waals surface area contributed by atoms with Crippen LogP contribution in [0.5, 0.6) is 11.5 Å². The molecule has 0 N–H and O–H groups in total. The van der Waals surface area contributed by atoms with E-state index in [2.05, 4.69) is 0 Å². The lowest BCUT2D eigenvalue weighted by Gasteiger charge is -2.32. The van der Waals surface area contributed by atoms with E-state index in [0.29, 0.717) is 29.3 Å². The minimum atomic E-state index is -3.68. The Morgan fingerprint density at radius 1 is 1.13 bits per heavy atom. The molecule has 5 nitrogen and oxygen atoms in total. The molecular formula is C17H19NO4S. The summed E-state index contributed by atoms with van der Waals surface area (Å²) in [5.74, 6) is 1.11. The highest BCUT2D eigenvalue weighted by Crippen LogP contribution is 2.48. The van der Waals surface area contributed by atoms with Gasteiger partial charge < -0.3 is 4.74 Å². The van der Waals surface area contributed by atoms with Crippen LogP contribution in [0.15, 0.2) is 36.4 Å². The van der Waals surface area contributed by atoms with E-state index in [4.69, 9.17) is 9.02 Å². The monoisotopic (exact) mass is 333 g/mol. The summed E-state index contributed by atoms with van der Waals surface area (Å²) in [5, 5.41) is 1.38. The average molecular weight is 333 g/mol. The Morgan fingerprint density at radius 2 is 1.91 bits per heavy atom. The Bertz CT molecular complexity index is 846. The first-order valence-electron chi connectivity index (χ1n) is 7.52. The predicted octanol–water partition coefficient (Wildman–Crippen LogP) is 4.22. The van der Waals surface area contributed by atoms with Gasteiger partial charge in [-0.15, -0.1) is 4.28 Å². The number of ether oxygens (including phenoxy) is 1. The van der Waals surface area contributed by atoms with E-state index in [-0.39, 0.29) is 5.75 Å². The third kappa shape index (κ3) is 3.04. The van der Waals surface area contributed by atoms with Crippen LogP contribution in [0.1, 0.15) is 24.5 Å². The van der Waals surface area contributed by atoms with Crippen molar-refractivity contribution < 1.29 is 17.4 Å². The molecular weight excluding hydrogens is 314 g/mol. The summed E-state index contributed by atoms with van der Waals surface area (Å²) < 4.78 is 35.8. The van der Waals surface area contributed by atoms with Gasteiger partial charge in [0.15, 0.2) is 11.5 Å². The molecule has 23 heavy (non-hydrogen) atoms. The molecule has 122 valence electrons. The van der Waals surface area contributed by atoms with Gasteiger partial charge in [-0.1, -0.05) is 25.1 Å². The van der Waals surface area contributed by atoms with E-state index in [1.165, 1.54) is 5.06 Å². The summed E-state index contributed by atoms with van der Waals surface area (Å²) in [4.78, 5) is 0. The molecule has 0 unspecified atom stereocenters. The lowest BCUT2D eigenvalue weighted by molar-refractivity contribution is 0.307. The molecule has 1 aliphatic heterocycles. The fourth-order valence-electron chi connectivity index (χ4n) is 2.56. The Morgan fingerprint density at radius 3 is 2.65 bits per heavy atom. The normalized spacial score (nSPS) is 13.3. The molecule has 0 amide bonds. The van der Waals surface area contributed by atoms with Gasteiger partial charge in [-0.3, -0.25) is 0 Å². The standard InChI is InChI=1S/C17H19NO4S/c1-4-10-23(19,20)22-18-14-11-12(2)8-9-15(14)21-16-7-5-6-13(3)17(16)18/h5-9,11H,4,10H2,1-3H3. The minimum absolute atomic E-state index is 0.0350. The zero-order valence-electron chi connectivity index (χ0n) is 13.4. The molecule has 0 saturated heterocycles. The minimum Gasteiger partial charge on any atom is -0.453 e. The molecule has 0 fully saturated rings. The van der Waals surface area contributed by atoms with Gasteiger partial charge in [-0.05, 0) is 49.6 Å². The molecule has 3 rings (SSSR count). The maximum absolute atomic E-state index is 12.2. The second-order valence-electron chi connectivity index (χ2n) is 5.63. The molecule has 0 radical (unpaired) electrons. The third-order valence-corrected chi connectivity index (χ3v) is 4.88. The molecule has 0 saturated carbocycles. The number of aryl methyl sites for hydroxylation is 2.